The predicted molar refractivity (Wildman–Crippen MR) is 78.5 cm³/mol. The third-order valence-corrected chi connectivity index (χ3v) is 4.61. The zero-order valence-corrected chi connectivity index (χ0v) is 12.9. The van der Waals surface area contributed by atoms with Gasteiger partial charge in [0, 0.05) is 13.1 Å². The van der Waals surface area contributed by atoms with Gasteiger partial charge in [-0.05, 0) is 26.2 Å². The maximum Gasteiger partial charge on any atom is 0.186 e. The maximum absolute atomic E-state index is 11.2. The van der Waals surface area contributed by atoms with Crippen molar-refractivity contribution in [2.45, 2.75) is 45.6 Å². The lowest BCUT2D eigenvalue weighted by atomic mass is 10.0. The molecule has 1 fully saturated rings. The highest BCUT2D eigenvalue weighted by atomic mass is 32.1. The Balaban J connectivity index is 2.25. The number of nitrogens with zero attached hydrogens (tertiary/aromatic N) is 2. The maximum atomic E-state index is 11.2. The summed E-state index contributed by atoms with van der Waals surface area (Å²) in [5, 5.41) is 0.953. The minimum absolute atomic E-state index is 0.151. The van der Waals surface area contributed by atoms with Crippen molar-refractivity contribution in [1.82, 2.24) is 4.98 Å². The number of anilines is 1. The van der Waals surface area contributed by atoms with Gasteiger partial charge in [0.1, 0.15) is 0 Å². The van der Waals surface area contributed by atoms with Crippen LogP contribution in [-0.4, -0.2) is 36.6 Å². The normalized spacial score (nSPS) is 20.3. The Labute approximate surface area is 118 Å². The molecule has 2 heterocycles. The van der Waals surface area contributed by atoms with E-state index in [1.807, 2.05) is 0 Å². The largest absolute Gasteiger partial charge is 0.372 e. The number of thiazole rings is 1. The average Bonchev–Trinajstić information content (AvgIpc) is 2.80. The molecule has 0 radical (unpaired) electrons. The number of ether oxygens (including phenoxy) is 1. The lowest BCUT2D eigenvalue weighted by molar-refractivity contribution is -0.0277. The molecular formula is C14H22N2O2S. The number of aromatic nitrogens is 1. The molecule has 19 heavy (non-hydrogen) atoms. The number of hydrogen-bond donors (Lipinski definition) is 0. The van der Waals surface area contributed by atoms with Crippen LogP contribution in [0, 0.1) is 0 Å². The molecule has 0 amide bonds. The average molecular weight is 282 g/mol. The van der Waals surface area contributed by atoms with Gasteiger partial charge in [0.25, 0.3) is 0 Å². The number of aldehydes is 1. The molecular weight excluding hydrogens is 260 g/mol. The monoisotopic (exact) mass is 282 g/mol. The van der Waals surface area contributed by atoms with Crippen LogP contribution in [0.1, 0.15) is 55.4 Å². The Morgan fingerprint density at radius 1 is 1.58 bits per heavy atom. The van der Waals surface area contributed by atoms with E-state index in [-0.39, 0.29) is 5.60 Å². The molecule has 106 valence electrons. The topological polar surface area (TPSA) is 42.4 Å². The van der Waals surface area contributed by atoms with E-state index in [0.717, 1.165) is 41.5 Å². The molecule has 1 aromatic rings. The highest BCUT2D eigenvalue weighted by Crippen LogP contribution is 2.32. The Kier molecular flexibility index (Phi) is 4.26. The summed E-state index contributed by atoms with van der Waals surface area (Å²) in [6.07, 6.45) is 1.94. The number of morpholine rings is 1. The molecule has 1 aliphatic rings. The molecule has 1 aliphatic heterocycles. The first-order valence-corrected chi connectivity index (χ1v) is 7.63. The van der Waals surface area contributed by atoms with Crippen molar-refractivity contribution in [3.8, 4) is 0 Å². The Morgan fingerprint density at radius 3 is 2.89 bits per heavy atom. The first-order chi connectivity index (χ1) is 8.96. The number of carbonyl (C=O) groups excluding carboxylic acids is 1. The van der Waals surface area contributed by atoms with Crippen molar-refractivity contribution in [3.63, 3.8) is 0 Å². The van der Waals surface area contributed by atoms with E-state index in [0.29, 0.717) is 12.5 Å². The second-order valence-corrected chi connectivity index (χ2v) is 6.71. The van der Waals surface area contributed by atoms with Gasteiger partial charge in [-0.1, -0.05) is 25.2 Å². The first-order valence-electron chi connectivity index (χ1n) is 6.81. The lowest BCUT2D eigenvalue weighted by Gasteiger charge is -2.38. The predicted octanol–water partition coefficient (Wildman–Crippen LogP) is 3.08. The Morgan fingerprint density at radius 2 is 2.32 bits per heavy atom. The molecule has 0 N–H and O–H groups in total. The summed E-state index contributed by atoms with van der Waals surface area (Å²) in [6, 6.07) is 0. The second-order valence-electron chi connectivity index (χ2n) is 5.70. The molecule has 5 heteroatoms. The van der Waals surface area contributed by atoms with E-state index >= 15 is 0 Å². The van der Waals surface area contributed by atoms with Gasteiger partial charge in [0.05, 0.1) is 22.8 Å². The van der Waals surface area contributed by atoms with E-state index in [1.54, 1.807) is 0 Å². The molecule has 0 spiro atoms. The number of carbonyl (C=O) groups is 1. The summed E-state index contributed by atoms with van der Waals surface area (Å²) < 4.78 is 5.71. The van der Waals surface area contributed by atoms with E-state index in [1.165, 1.54) is 11.3 Å². The zero-order chi connectivity index (χ0) is 14.0. The molecule has 0 saturated carbocycles. The smallest absolute Gasteiger partial charge is 0.186 e. The van der Waals surface area contributed by atoms with Crippen LogP contribution in [0.3, 0.4) is 0 Å². The van der Waals surface area contributed by atoms with E-state index in [2.05, 4.69) is 32.6 Å². The highest BCUT2D eigenvalue weighted by molar-refractivity contribution is 7.17. The van der Waals surface area contributed by atoms with Crippen LogP contribution in [0.15, 0.2) is 0 Å². The molecule has 1 unspecified atom stereocenters. The number of rotatable bonds is 4. The summed E-state index contributed by atoms with van der Waals surface area (Å²) >= 11 is 1.50. The van der Waals surface area contributed by atoms with Gasteiger partial charge in [-0.3, -0.25) is 4.79 Å². The highest BCUT2D eigenvalue weighted by Gasteiger charge is 2.29. The molecule has 0 bridgehead atoms. The van der Waals surface area contributed by atoms with Gasteiger partial charge in [0.15, 0.2) is 11.4 Å². The molecule has 0 aliphatic carbocycles. The van der Waals surface area contributed by atoms with Crippen molar-refractivity contribution in [2.24, 2.45) is 0 Å². The van der Waals surface area contributed by atoms with Gasteiger partial charge in [-0.2, -0.15) is 0 Å². The summed E-state index contributed by atoms with van der Waals surface area (Å²) in [5.74, 6) is 0.333. The quantitative estimate of drug-likeness (QED) is 0.796. The second kappa shape index (κ2) is 5.59. The minimum atomic E-state index is -0.151. The molecule has 4 nitrogen and oxygen atoms in total. The fourth-order valence-corrected chi connectivity index (χ4v) is 3.30. The third-order valence-electron chi connectivity index (χ3n) is 3.55. The Bertz CT molecular complexity index is 456. The summed E-state index contributed by atoms with van der Waals surface area (Å²) in [5.41, 5.74) is 0.795. The minimum Gasteiger partial charge on any atom is -0.372 e. The zero-order valence-electron chi connectivity index (χ0n) is 12.1. The van der Waals surface area contributed by atoms with Crippen molar-refractivity contribution in [3.05, 3.63) is 10.6 Å². The van der Waals surface area contributed by atoms with Crippen LogP contribution in [-0.2, 0) is 4.74 Å². The Hall–Kier alpha value is -0.940. The fourth-order valence-electron chi connectivity index (χ4n) is 2.28. The molecule has 1 atom stereocenters. The molecule has 0 aromatic carbocycles. The van der Waals surface area contributed by atoms with Crippen molar-refractivity contribution < 1.29 is 9.53 Å². The lowest BCUT2D eigenvalue weighted by Crippen LogP contribution is -2.48. The van der Waals surface area contributed by atoms with Gasteiger partial charge in [-0.15, -0.1) is 0 Å². The standard InChI is InChI=1S/C14H22N2O2S/c1-5-10(2)12-11(8-17)19-13(15-12)16-6-7-18-14(3,4)9-16/h8,10H,5-7,9H2,1-4H3. The number of hydrogen-bond acceptors (Lipinski definition) is 5. The first kappa shape index (κ1) is 14.5. The van der Waals surface area contributed by atoms with Crippen LogP contribution < -0.4 is 4.90 Å². The van der Waals surface area contributed by atoms with Gasteiger partial charge in [0.2, 0.25) is 0 Å². The summed E-state index contributed by atoms with van der Waals surface area (Å²) in [7, 11) is 0. The van der Waals surface area contributed by atoms with Crippen molar-refractivity contribution in [1.29, 1.82) is 0 Å². The van der Waals surface area contributed by atoms with Crippen molar-refractivity contribution in [2.75, 3.05) is 24.6 Å². The van der Waals surface area contributed by atoms with Gasteiger partial charge < -0.3 is 9.64 Å². The van der Waals surface area contributed by atoms with Crippen LogP contribution >= 0.6 is 11.3 Å². The van der Waals surface area contributed by atoms with E-state index < -0.39 is 0 Å². The van der Waals surface area contributed by atoms with Crippen LogP contribution in [0.25, 0.3) is 0 Å². The SMILES string of the molecule is CCC(C)c1nc(N2CCOC(C)(C)C2)sc1C=O. The van der Waals surface area contributed by atoms with E-state index in [9.17, 15) is 4.79 Å². The van der Waals surface area contributed by atoms with Crippen LogP contribution in [0.5, 0.6) is 0 Å². The molecule has 1 saturated heterocycles. The summed E-state index contributed by atoms with van der Waals surface area (Å²) in [6.45, 7) is 10.8. The molecule has 1 aromatic heterocycles. The summed E-state index contributed by atoms with van der Waals surface area (Å²) in [4.78, 5) is 18.9. The third kappa shape index (κ3) is 3.15. The van der Waals surface area contributed by atoms with Crippen molar-refractivity contribution >= 4 is 22.8 Å². The fraction of sp³-hybridized carbons (Fsp3) is 0.714. The molecule has 2 rings (SSSR count). The van der Waals surface area contributed by atoms with Gasteiger partial charge in [-0.25, -0.2) is 4.98 Å². The van der Waals surface area contributed by atoms with Crippen LogP contribution in [0.2, 0.25) is 0 Å². The van der Waals surface area contributed by atoms with Gasteiger partial charge >= 0.3 is 0 Å². The van der Waals surface area contributed by atoms with Crippen LogP contribution in [0.4, 0.5) is 5.13 Å². The van der Waals surface area contributed by atoms with E-state index in [4.69, 9.17) is 9.72 Å².